The van der Waals surface area contributed by atoms with Crippen LogP contribution in [0.15, 0.2) is 24.3 Å². The van der Waals surface area contributed by atoms with Crippen LogP contribution in [0, 0.1) is 5.41 Å². The fraction of sp³-hybridized carbons (Fsp3) is 0.462. The molecule has 1 aromatic carbocycles. The zero-order valence-electron chi connectivity index (χ0n) is 10.4. The fourth-order valence-electron chi connectivity index (χ4n) is 1.53. The molecule has 0 heterocycles. The first-order valence-corrected chi connectivity index (χ1v) is 5.56. The molecular formula is C13H19NO3. The van der Waals surface area contributed by atoms with Crippen LogP contribution in [0.1, 0.15) is 37.6 Å². The molecule has 0 amide bonds. The Balaban J connectivity index is 2.60. The lowest BCUT2D eigenvalue weighted by Gasteiger charge is -2.23. The monoisotopic (exact) mass is 237 g/mol. The summed E-state index contributed by atoms with van der Waals surface area (Å²) < 4.78 is 0. The Morgan fingerprint density at radius 2 is 1.82 bits per heavy atom. The number of hydrogen-bond acceptors (Lipinski definition) is 3. The summed E-state index contributed by atoms with van der Waals surface area (Å²) in [6.07, 6.45) is -0.0149. The van der Waals surface area contributed by atoms with E-state index in [0.29, 0.717) is 12.1 Å². The number of carboxylic acids is 1. The van der Waals surface area contributed by atoms with Crippen molar-refractivity contribution in [2.45, 2.75) is 33.4 Å². The van der Waals surface area contributed by atoms with E-state index in [-0.39, 0.29) is 11.0 Å². The molecule has 4 heteroatoms. The molecule has 0 aliphatic carbocycles. The van der Waals surface area contributed by atoms with Crippen LogP contribution < -0.4 is 5.32 Å². The lowest BCUT2D eigenvalue weighted by Crippen LogP contribution is -2.25. The predicted molar refractivity (Wildman–Crippen MR) is 67.1 cm³/mol. The largest absolute Gasteiger partial charge is 0.478 e. The highest BCUT2D eigenvalue weighted by molar-refractivity contribution is 5.87. The van der Waals surface area contributed by atoms with Crippen molar-refractivity contribution in [2.75, 3.05) is 5.32 Å². The molecule has 0 aliphatic heterocycles. The van der Waals surface area contributed by atoms with E-state index in [1.165, 1.54) is 12.1 Å². The van der Waals surface area contributed by atoms with Gasteiger partial charge in [-0.1, -0.05) is 20.8 Å². The number of hydrogen-bond donors (Lipinski definition) is 3. The average Bonchev–Trinajstić information content (AvgIpc) is 2.15. The topological polar surface area (TPSA) is 69.6 Å². The summed E-state index contributed by atoms with van der Waals surface area (Å²) in [4.78, 5) is 10.7. The highest BCUT2D eigenvalue weighted by atomic mass is 16.4. The van der Waals surface area contributed by atoms with Crippen molar-refractivity contribution in [1.82, 2.24) is 0 Å². The maximum absolute atomic E-state index is 10.7. The molecule has 1 rings (SSSR count). The molecule has 0 fully saturated rings. The van der Waals surface area contributed by atoms with Crippen molar-refractivity contribution >= 4 is 11.7 Å². The van der Waals surface area contributed by atoms with Gasteiger partial charge in [0, 0.05) is 5.69 Å². The van der Waals surface area contributed by atoms with Gasteiger partial charge in [-0.25, -0.2) is 4.79 Å². The molecule has 1 unspecified atom stereocenters. The van der Waals surface area contributed by atoms with Crippen molar-refractivity contribution in [3.63, 3.8) is 0 Å². The van der Waals surface area contributed by atoms with Gasteiger partial charge in [-0.2, -0.15) is 0 Å². The number of carboxylic acid groups (broad SMARTS) is 1. The minimum atomic E-state index is -0.952. The summed E-state index contributed by atoms with van der Waals surface area (Å²) in [6.45, 7) is 6.14. The zero-order valence-corrected chi connectivity index (χ0v) is 10.4. The number of aliphatic hydroxyl groups excluding tert-OH is 1. The maximum atomic E-state index is 10.7. The number of aliphatic hydroxyl groups is 1. The molecule has 3 N–H and O–H groups in total. The molecule has 0 bridgehead atoms. The van der Waals surface area contributed by atoms with Crippen LogP contribution in [0.5, 0.6) is 0 Å². The average molecular weight is 237 g/mol. The summed E-state index contributed by atoms with van der Waals surface area (Å²) in [6, 6.07) is 6.31. The standard InChI is InChI=1S/C13H19NO3/c1-13(2,3)8-11(15)14-10-6-4-9(5-7-10)12(16)17/h4-7,11,14-15H,8H2,1-3H3,(H,16,17). The summed E-state index contributed by atoms with van der Waals surface area (Å²) in [5.41, 5.74) is 0.987. The third-order valence-corrected chi connectivity index (χ3v) is 2.27. The number of aromatic carboxylic acids is 1. The van der Waals surface area contributed by atoms with E-state index in [0.717, 1.165) is 0 Å². The fourth-order valence-corrected chi connectivity index (χ4v) is 1.53. The van der Waals surface area contributed by atoms with Gasteiger partial charge < -0.3 is 15.5 Å². The molecule has 0 radical (unpaired) electrons. The van der Waals surface area contributed by atoms with Gasteiger partial charge in [0.25, 0.3) is 0 Å². The van der Waals surface area contributed by atoms with E-state index >= 15 is 0 Å². The Bertz CT molecular complexity index is 379. The lowest BCUT2D eigenvalue weighted by molar-refractivity contribution is 0.0697. The van der Waals surface area contributed by atoms with E-state index in [2.05, 4.69) is 5.32 Å². The number of carbonyl (C=O) groups is 1. The van der Waals surface area contributed by atoms with Crippen LogP contribution in [-0.2, 0) is 0 Å². The molecule has 0 aromatic heterocycles. The van der Waals surface area contributed by atoms with Crippen molar-refractivity contribution in [2.24, 2.45) is 5.41 Å². The van der Waals surface area contributed by atoms with Gasteiger partial charge in [-0.05, 0) is 36.1 Å². The number of nitrogens with one attached hydrogen (secondary N) is 1. The summed E-state index contributed by atoms with van der Waals surface area (Å²) >= 11 is 0. The Hall–Kier alpha value is -1.55. The summed E-state index contributed by atoms with van der Waals surface area (Å²) in [5.74, 6) is -0.952. The second kappa shape index (κ2) is 5.19. The van der Waals surface area contributed by atoms with E-state index in [9.17, 15) is 9.90 Å². The van der Waals surface area contributed by atoms with Gasteiger partial charge in [-0.15, -0.1) is 0 Å². The van der Waals surface area contributed by atoms with E-state index < -0.39 is 12.2 Å². The number of anilines is 1. The zero-order chi connectivity index (χ0) is 13.1. The lowest BCUT2D eigenvalue weighted by atomic mass is 9.91. The van der Waals surface area contributed by atoms with Gasteiger partial charge in [0.2, 0.25) is 0 Å². The SMILES string of the molecule is CC(C)(C)CC(O)Nc1ccc(C(=O)O)cc1. The van der Waals surface area contributed by atoms with E-state index in [1.807, 2.05) is 20.8 Å². The highest BCUT2D eigenvalue weighted by Crippen LogP contribution is 2.21. The smallest absolute Gasteiger partial charge is 0.335 e. The molecule has 17 heavy (non-hydrogen) atoms. The summed E-state index contributed by atoms with van der Waals surface area (Å²) in [5, 5.41) is 21.5. The minimum absolute atomic E-state index is 0.0351. The first kappa shape index (κ1) is 13.5. The van der Waals surface area contributed by atoms with Crippen molar-refractivity contribution in [3.05, 3.63) is 29.8 Å². The maximum Gasteiger partial charge on any atom is 0.335 e. The molecule has 1 aromatic rings. The molecule has 0 saturated heterocycles. The van der Waals surface area contributed by atoms with Gasteiger partial charge in [0.05, 0.1) is 5.56 Å². The van der Waals surface area contributed by atoms with Crippen molar-refractivity contribution in [1.29, 1.82) is 0 Å². The molecule has 1 atom stereocenters. The van der Waals surface area contributed by atoms with Crippen molar-refractivity contribution < 1.29 is 15.0 Å². The Kier molecular flexibility index (Phi) is 4.12. The first-order chi connectivity index (χ1) is 7.78. The molecule has 0 aliphatic rings. The van der Waals surface area contributed by atoms with Gasteiger partial charge >= 0.3 is 5.97 Å². The van der Waals surface area contributed by atoms with E-state index in [4.69, 9.17) is 5.11 Å². The summed E-state index contributed by atoms with van der Waals surface area (Å²) in [7, 11) is 0. The highest BCUT2D eigenvalue weighted by Gasteiger charge is 2.16. The minimum Gasteiger partial charge on any atom is -0.478 e. The number of benzene rings is 1. The van der Waals surface area contributed by atoms with Crippen LogP contribution >= 0.6 is 0 Å². The predicted octanol–water partition coefficient (Wildman–Crippen LogP) is 2.55. The Morgan fingerprint density at radius 3 is 2.24 bits per heavy atom. The molecule has 0 saturated carbocycles. The number of rotatable bonds is 4. The Morgan fingerprint density at radius 1 is 1.29 bits per heavy atom. The molecule has 4 nitrogen and oxygen atoms in total. The normalized spacial score (nSPS) is 13.2. The van der Waals surface area contributed by atoms with Crippen LogP contribution in [0.2, 0.25) is 0 Å². The molecule has 94 valence electrons. The van der Waals surface area contributed by atoms with Crippen molar-refractivity contribution in [3.8, 4) is 0 Å². The van der Waals surface area contributed by atoms with Gasteiger partial charge in [0.15, 0.2) is 0 Å². The van der Waals surface area contributed by atoms with Crippen LogP contribution in [0.25, 0.3) is 0 Å². The van der Waals surface area contributed by atoms with Crippen LogP contribution in [0.3, 0.4) is 0 Å². The second-order valence-electron chi connectivity index (χ2n) is 5.31. The third-order valence-electron chi connectivity index (χ3n) is 2.27. The van der Waals surface area contributed by atoms with Gasteiger partial charge in [0.1, 0.15) is 6.23 Å². The molecular weight excluding hydrogens is 218 g/mol. The second-order valence-corrected chi connectivity index (χ2v) is 5.31. The first-order valence-electron chi connectivity index (χ1n) is 5.56. The van der Waals surface area contributed by atoms with E-state index in [1.54, 1.807) is 12.1 Å². The van der Waals surface area contributed by atoms with Gasteiger partial charge in [-0.3, -0.25) is 0 Å². The van der Waals surface area contributed by atoms with Crippen LogP contribution in [-0.4, -0.2) is 22.4 Å². The third kappa shape index (κ3) is 4.87. The molecule has 0 spiro atoms. The quantitative estimate of drug-likeness (QED) is 0.704. The van der Waals surface area contributed by atoms with Crippen LogP contribution in [0.4, 0.5) is 5.69 Å². The Labute approximate surface area is 101 Å².